The SMILES string of the molecule is COC(=O)c1ccc2sc(C(F)(F)F)nc2c1. The molecule has 1 aromatic heterocycles. The average molecular weight is 261 g/mol. The van der Waals surface area contributed by atoms with Gasteiger partial charge in [0.05, 0.1) is 22.9 Å². The molecule has 3 nitrogen and oxygen atoms in total. The van der Waals surface area contributed by atoms with Gasteiger partial charge < -0.3 is 4.74 Å². The lowest BCUT2D eigenvalue weighted by Gasteiger charge is -1.98. The molecule has 0 bridgehead atoms. The summed E-state index contributed by atoms with van der Waals surface area (Å²) in [6.07, 6.45) is -4.46. The Hall–Kier alpha value is -1.63. The minimum Gasteiger partial charge on any atom is -0.465 e. The van der Waals surface area contributed by atoms with Gasteiger partial charge in [0.15, 0.2) is 5.01 Å². The highest BCUT2D eigenvalue weighted by Gasteiger charge is 2.34. The van der Waals surface area contributed by atoms with Gasteiger partial charge in [0.25, 0.3) is 0 Å². The predicted octanol–water partition coefficient (Wildman–Crippen LogP) is 3.10. The molecule has 0 atom stereocenters. The van der Waals surface area contributed by atoms with Crippen LogP contribution in [0.25, 0.3) is 10.2 Å². The first-order valence-corrected chi connectivity index (χ1v) is 5.29. The number of aromatic nitrogens is 1. The molecule has 0 aliphatic heterocycles. The molecule has 0 aliphatic carbocycles. The Kier molecular flexibility index (Phi) is 2.78. The van der Waals surface area contributed by atoms with Crippen LogP contribution >= 0.6 is 11.3 Å². The first kappa shape index (κ1) is 11.8. The average Bonchev–Trinajstić information content (AvgIpc) is 2.70. The van der Waals surface area contributed by atoms with E-state index in [-0.39, 0.29) is 11.1 Å². The Bertz CT molecular complexity index is 576. The molecule has 0 fully saturated rings. The largest absolute Gasteiger partial charge is 0.465 e. The van der Waals surface area contributed by atoms with Crippen molar-refractivity contribution < 1.29 is 22.7 Å². The zero-order valence-corrected chi connectivity index (χ0v) is 9.35. The van der Waals surface area contributed by atoms with E-state index < -0.39 is 17.2 Å². The van der Waals surface area contributed by atoms with E-state index in [4.69, 9.17) is 0 Å². The zero-order chi connectivity index (χ0) is 12.6. The van der Waals surface area contributed by atoms with Crippen molar-refractivity contribution in [2.45, 2.75) is 6.18 Å². The van der Waals surface area contributed by atoms with Crippen LogP contribution in [0.1, 0.15) is 15.4 Å². The standard InChI is InChI=1S/C10H6F3NO2S/c1-16-8(15)5-2-3-7-6(4-5)14-9(17-7)10(11,12)13/h2-4H,1H3. The van der Waals surface area contributed by atoms with E-state index in [1.807, 2.05) is 0 Å². The number of esters is 1. The highest BCUT2D eigenvalue weighted by Crippen LogP contribution is 2.35. The molecule has 0 saturated carbocycles. The number of thiazole rings is 1. The second-order valence-electron chi connectivity index (χ2n) is 3.19. The first-order chi connectivity index (χ1) is 7.91. The Morgan fingerprint density at radius 3 is 2.71 bits per heavy atom. The third-order valence-electron chi connectivity index (χ3n) is 2.05. The topological polar surface area (TPSA) is 39.2 Å². The van der Waals surface area contributed by atoms with Crippen molar-refractivity contribution in [3.05, 3.63) is 28.8 Å². The molecule has 2 rings (SSSR count). The van der Waals surface area contributed by atoms with Gasteiger partial charge in [-0.3, -0.25) is 0 Å². The Morgan fingerprint density at radius 1 is 1.41 bits per heavy atom. The molecule has 0 unspecified atom stereocenters. The molecule has 90 valence electrons. The Labute approximate surface area is 97.8 Å². The number of fused-ring (bicyclic) bond motifs is 1. The van der Waals surface area contributed by atoms with Crippen molar-refractivity contribution in [2.24, 2.45) is 0 Å². The number of carbonyl (C=O) groups is 1. The molecule has 17 heavy (non-hydrogen) atoms. The number of hydrogen-bond donors (Lipinski definition) is 0. The van der Waals surface area contributed by atoms with Crippen molar-refractivity contribution in [3.8, 4) is 0 Å². The summed E-state index contributed by atoms with van der Waals surface area (Å²) < 4.78 is 42.1. The Balaban J connectivity index is 2.52. The summed E-state index contributed by atoms with van der Waals surface area (Å²) in [5, 5.41) is -0.922. The lowest BCUT2D eigenvalue weighted by Crippen LogP contribution is -2.03. The first-order valence-electron chi connectivity index (χ1n) is 4.48. The van der Waals surface area contributed by atoms with Crippen molar-refractivity contribution >= 4 is 27.5 Å². The normalized spacial score (nSPS) is 11.8. The van der Waals surface area contributed by atoms with E-state index in [1.165, 1.54) is 25.3 Å². The van der Waals surface area contributed by atoms with Crippen LogP contribution in [0.5, 0.6) is 0 Å². The summed E-state index contributed by atoms with van der Waals surface area (Å²) in [4.78, 5) is 14.6. The van der Waals surface area contributed by atoms with Gasteiger partial charge in [-0.25, -0.2) is 9.78 Å². The van der Waals surface area contributed by atoms with Crippen LogP contribution in [0.3, 0.4) is 0 Å². The molecule has 0 amide bonds. The minimum atomic E-state index is -4.46. The number of ether oxygens (including phenoxy) is 1. The monoisotopic (exact) mass is 261 g/mol. The van der Waals surface area contributed by atoms with Crippen LogP contribution in [0, 0.1) is 0 Å². The Morgan fingerprint density at radius 2 is 2.12 bits per heavy atom. The van der Waals surface area contributed by atoms with Gasteiger partial charge in [0.1, 0.15) is 0 Å². The number of benzene rings is 1. The number of methoxy groups -OCH3 is 1. The maximum Gasteiger partial charge on any atom is 0.443 e. The summed E-state index contributed by atoms with van der Waals surface area (Å²) in [7, 11) is 1.20. The highest BCUT2D eigenvalue weighted by molar-refractivity contribution is 7.18. The van der Waals surface area contributed by atoms with Crippen molar-refractivity contribution in [1.82, 2.24) is 4.98 Å². The molecule has 0 aliphatic rings. The van der Waals surface area contributed by atoms with E-state index in [9.17, 15) is 18.0 Å². The number of carbonyl (C=O) groups excluding carboxylic acids is 1. The van der Waals surface area contributed by atoms with Crippen LogP contribution in [-0.2, 0) is 10.9 Å². The molecule has 0 radical (unpaired) electrons. The molecule has 1 heterocycles. The fourth-order valence-electron chi connectivity index (χ4n) is 1.29. The number of hydrogen-bond acceptors (Lipinski definition) is 4. The van der Waals surface area contributed by atoms with E-state index in [0.717, 1.165) is 0 Å². The third-order valence-corrected chi connectivity index (χ3v) is 3.13. The number of alkyl halides is 3. The van der Waals surface area contributed by atoms with Crippen LogP contribution in [-0.4, -0.2) is 18.1 Å². The molecule has 0 N–H and O–H groups in total. The lowest BCUT2D eigenvalue weighted by atomic mass is 10.2. The fourth-order valence-corrected chi connectivity index (χ4v) is 2.11. The van der Waals surface area contributed by atoms with Crippen molar-refractivity contribution in [2.75, 3.05) is 7.11 Å². The molecule has 2 aromatic rings. The summed E-state index contributed by atoms with van der Waals surface area (Å²) >= 11 is 0.544. The van der Waals surface area contributed by atoms with Crippen molar-refractivity contribution in [1.29, 1.82) is 0 Å². The maximum absolute atomic E-state index is 12.4. The predicted molar refractivity (Wildman–Crippen MR) is 56.0 cm³/mol. The van der Waals surface area contributed by atoms with Gasteiger partial charge in [-0.05, 0) is 18.2 Å². The maximum atomic E-state index is 12.4. The fraction of sp³-hybridized carbons (Fsp3) is 0.200. The van der Waals surface area contributed by atoms with Gasteiger partial charge in [-0.1, -0.05) is 0 Å². The third kappa shape index (κ3) is 2.23. The van der Waals surface area contributed by atoms with Gasteiger partial charge in [-0.15, -0.1) is 11.3 Å². The molecule has 7 heteroatoms. The number of rotatable bonds is 1. The van der Waals surface area contributed by atoms with Crippen molar-refractivity contribution in [3.63, 3.8) is 0 Å². The zero-order valence-electron chi connectivity index (χ0n) is 8.54. The van der Waals surface area contributed by atoms with E-state index in [1.54, 1.807) is 0 Å². The van der Waals surface area contributed by atoms with Crippen LogP contribution in [0.4, 0.5) is 13.2 Å². The van der Waals surface area contributed by atoms with E-state index >= 15 is 0 Å². The van der Waals surface area contributed by atoms with Gasteiger partial charge in [0.2, 0.25) is 0 Å². The molecule has 0 saturated heterocycles. The summed E-state index contributed by atoms with van der Waals surface area (Å²) in [6, 6.07) is 4.12. The van der Waals surface area contributed by atoms with E-state index in [2.05, 4.69) is 9.72 Å². The quantitative estimate of drug-likeness (QED) is 0.740. The number of halogens is 3. The van der Waals surface area contributed by atoms with Gasteiger partial charge in [-0.2, -0.15) is 13.2 Å². The van der Waals surface area contributed by atoms with Gasteiger partial charge in [0, 0.05) is 0 Å². The summed E-state index contributed by atoms with van der Waals surface area (Å²) in [5.41, 5.74) is 0.323. The second kappa shape index (κ2) is 3.99. The molecular weight excluding hydrogens is 255 g/mol. The van der Waals surface area contributed by atoms with Crippen LogP contribution in [0.15, 0.2) is 18.2 Å². The van der Waals surface area contributed by atoms with Gasteiger partial charge >= 0.3 is 12.1 Å². The summed E-state index contributed by atoms with van der Waals surface area (Å²) in [6.45, 7) is 0. The van der Waals surface area contributed by atoms with Crippen LogP contribution in [0.2, 0.25) is 0 Å². The minimum absolute atomic E-state index is 0.144. The van der Waals surface area contributed by atoms with E-state index in [0.29, 0.717) is 16.0 Å². The highest BCUT2D eigenvalue weighted by atomic mass is 32.1. The molecule has 0 spiro atoms. The van der Waals surface area contributed by atoms with Crippen LogP contribution < -0.4 is 0 Å². The summed E-state index contributed by atoms with van der Waals surface area (Å²) in [5.74, 6) is -0.603. The molecule has 1 aromatic carbocycles. The second-order valence-corrected chi connectivity index (χ2v) is 4.22. The molecular formula is C10H6F3NO2S. The number of nitrogens with zero attached hydrogens (tertiary/aromatic N) is 1. The lowest BCUT2D eigenvalue weighted by molar-refractivity contribution is -0.137. The smallest absolute Gasteiger partial charge is 0.443 e.